The average Bonchev–Trinajstić information content (AvgIpc) is 2.63. The molecule has 1 fully saturated rings. The zero-order valence-corrected chi connectivity index (χ0v) is 5.84. The summed E-state index contributed by atoms with van der Waals surface area (Å²) in [5, 5.41) is 3.74. The quantitative estimate of drug-likeness (QED) is 0.417. The van der Waals surface area contributed by atoms with Crippen LogP contribution in [0.3, 0.4) is 0 Å². The van der Waals surface area contributed by atoms with E-state index in [1.54, 1.807) is 6.21 Å². The Kier molecular flexibility index (Phi) is 2.55. The summed E-state index contributed by atoms with van der Waals surface area (Å²) in [4.78, 5) is 4.97. The van der Waals surface area contributed by atoms with Gasteiger partial charge in [-0.05, 0) is 25.2 Å². The van der Waals surface area contributed by atoms with Crippen molar-refractivity contribution in [3.8, 4) is 0 Å². The molecular formula is C7H13NO. The minimum Gasteiger partial charge on any atom is -0.396 e. The first-order valence-corrected chi connectivity index (χ1v) is 3.57. The summed E-state index contributed by atoms with van der Waals surface area (Å²) < 4.78 is 0. The Morgan fingerprint density at radius 2 is 2.44 bits per heavy atom. The molecule has 0 amide bonds. The summed E-state index contributed by atoms with van der Waals surface area (Å²) in [6.45, 7) is 2.88. The van der Waals surface area contributed by atoms with Crippen LogP contribution in [-0.2, 0) is 4.84 Å². The van der Waals surface area contributed by atoms with Gasteiger partial charge in [-0.1, -0.05) is 12.1 Å². The first-order valence-electron chi connectivity index (χ1n) is 3.57. The van der Waals surface area contributed by atoms with Gasteiger partial charge in [0.05, 0.1) is 0 Å². The maximum Gasteiger partial charge on any atom is 0.120 e. The molecule has 2 heteroatoms. The highest BCUT2D eigenvalue weighted by atomic mass is 16.6. The van der Waals surface area contributed by atoms with E-state index >= 15 is 0 Å². The standard InChI is InChI=1S/C7H13NO/c1-2-5-8-9-6-7-3-4-7/h5,7H,2-4,6H2,1H3/b8-5+. The molecule has 0 atom stereocenters. The molecule has 0 N–H and O–H groups in total. The van der Waals surface area contributed by atoms with Gasteiger partial charge in [-0.3, -0.25) is 0 Å². The smallest absolute Gasteiger partial charge is 0.120 e. The van der Waals surface area contributed by atoms with Gasteiger partial charge in [0, 0.05) is 6.21 Å². The van der Waals surface area contributed by atoms with Crippen molar-refractivity contribution in [1.82, 2.24) is 0 Å². The van der Waals surface area contributed by atoms with Crippen LogP contribution in [-0.4, -0.2) is 12.8 Å². The number of hydrogen-bond acceptors (Lipinski definition) is 2. The Morgan fingerprint density at radius 3 is 3.00 bits per heavy atom. The van der Waals surface area contributed by atoms with E-state index < -0.39 is 0 Å². The molecule has 9 heavy (non-hydrogen) atoms. The number of rotatable bonds is 4. The van der Waals surface area contributed by atoms with Crippen LogP contribution in [0.15, 0.2) is 5.16 Å². The molecule has 0 aromatic heterocycles. The molecule has 0 aromatic carbocycles. The molecule has 0 bridgehead atoms. The van der Waals surface area contributed by atoms with Crippen molar-refractivity contribution in [2.75, 3.05) is 6.61 Å². The molecule has 1 aliphatic carbocycles. The number of nitrogens with zero attached hydrogens (tertiary/aromatic N) is 1. The van der Waals surface area contributed by atoms with Crippen LogP contribution >= 0.6 is 0 Å². The van der Waals surface area contributed by atoms with Crippen LogP contribution in [0.5, 0.6) is 0 Å². The van der Waals surface area contributed by atoms with E-state index in [1.165, 1.54) is 12.8 Å². The summed E-state index contributed by atoms with van der Waals surface area (Å²) in [6.07, 6.45) is 5.43. The predicted molar refractivity (Wildman–Crippen MR) is 37.5 cm³/mol. The van der Waals surface area contributed by atoms with E-state index in [2.05, 4.69) is 5.16 Å². The third-order valence-corrected chi connectivity index (χ3v) is 1.34. The predicted octanol–water partition coefficient (Wildman–Crippen LogP) is 1.81. The molecular weight excluding hydrogens is 114 g/mol. The molecule has 0 aliphatic heterocycles. The molecule has 1 saturated carbocycles. The van der Waals surface area contributed by atoms with Crippen LogP contribution in [0.1, 0.15) is 26.2 Å². The molecule has 0 radical (unpaired) electrons. The molecule has 0 spiro atoms. The minimum absolute atomic E-state index is 0.819. The molecule has 0 heterocycles. The molecule has 0 aromatic rings. The van der Waals surface area contributed by atoms with Crippen molar-refractivity contribution < 1.29 is 4.84 Å². The van der Waals surface area contributed by atoms with E-state index in [0.29, 0.717) is 0 Å². The van der Waals surface area contributed by atoms with Gasteiger partial charge in [-0.25, -0.2) is 0 Å². The van der Waals surface area contributed by atoms with Crippen LogP contribution in [0, 0.1) is 5.92 Å². The van der Waals surface area contributed by atoms with E-state index in [0.717, 1.165) is 18.9 Å². The fourth-order valence-corrected chi connectivity index (χ4v) is 0.560. The zero-order valence-electron chi connectivity index (χ0n) is 5.84. The zero-order chi connectivity index (χ0) is 6.53. The largest absolute Gasteiger partial charge is 0.396 e. The van der Waals surface area contributed by atoms with Crippen LogP contribution in [0.4, 0.5) is 0 Å². The van der Waals surface area contributed by atoms with Crippen molar-refractivity contribution in [3.63, 3.8) is 0 Å². The second kappa shape index (κ2) is 3.49. The highest BCUT2D eigenvalue weighted by Crippen LogP contribution is 2.28. The van der Waals surface area contributed by atoms with Gasteiger partial charge in [0.15, 0.2) is 0 Å². The third-order valence-electron chi connectivity index (χ3n) is 1.34. The summed E-state index contributed by atoms with van der Waals surface area (Å²) in [5.41, 5.74) is 0. The second-order valence-electron chi connectivity index (χ2n) is 2.44. The Labute approximate surface area is 55.9 Å². The van der Waals surface area contributed by atoms with Gasteiger partial charge in [0.1, 0.15) is 6.61 Å². The van der Waals surface area contributed by atoms with Crippen molar-refractivity contribution >= 4 is 6.21 Å². The Morgan fingerprint density at radius 1 is 1.67 bits per heavy atom. The van der Waals surface area contributed by atoms with Gasteiger partial charge in [0.2, 0.25) is 0 Å². The van der Waals surface area contributed by atoms with Gasteiger partial charge in [-0.2, -0.15) is 0 Å². The lowest BCUT2D eigenvalue weighted by molar-refractivity contribution is 0.135. The highest BCUT2D eigenvalue weighted by Gasteiger charge is 2.21. The minimum atomic E-state index is 0.819. The lowest BCUT2D eigenvalue weighted by Gasteiger charge is -1.92. The third kappa shape index (κ3) is 3.12. The molecule has 2 nitrogen and oxygen atoms in total. The summed E-state index contributed by atoms with van der Waals surface area (Å²) in [6, 6.07) is 0. The van der Waals surface area contributed by atoms with E-state index in [9.17, 15) is 0 Å². The Bertz CT molecular complexity index is 97.1. The van der Waals surface area contributed by atoms with Gasteiger partial charge < -0.3 is 4.84 Å². The van der Waals surface area contributed by atoms with Gasteiger partial charge in [-0.15, -0.1) is 0 Å². The molecule has 1 aliphatic rings. The van der Waals surface area contributed by atoms with Gasteiger partial charge >= 0.3 is 0 Å². The van der Waals surface area contributed by atoms with Crippen molar-refractivity contribution in [2.45, 2.75) is 26.2 Å². The molecule has 0 saturated heterocycles. The second-order valence-corrected chi connectivity index (χ2v) is 2.44. The summed E-state index contributed by atoms with van der Waals surface area (Å²) in [5.74, 6) is 0.819. The maximum absolute atomic E-state index is 4.97. The Hall–Kier alpha value is -0.530. The fourth-order valence-electron chi connectivity index (χ4n) is 0.560. The van der Waals surface area contributed by atoms with E-state index in [-0.39, 0.29) is 0 Å². The maximum atomic E-state index is 4.97. The van der Waals surface area contributed by atoms with Crippen LogP contribution in [0.25, 0.3) is 0 Å². The molecule has 0 unspecified atom stereocenters. The number of hydrogen-bond donors (Lipinski definition) is 0. The summed E-state index contributed by atoms with van der Waals surface area (Å²) in [7, 11) is 0. The first kappa shape index (κ1) is 6.59. The lowest BCUT2D eigenvalue weighted by atomic mass is 10.5. The summed E-state index contributed by atoms with van der Waals surface area (Å²) >= 11 is 0. The molecule has 1 rings (SSSR count). The average molecular weight is 127 g/mol. The normalized spacial score (nSPS) is 18.8. The van der Waals surface area contributed by atoms with E-state index in [1.807, 2.05) is 6.92 Å². The van der Waals surface area contributed by atoms with Crippen molar-refractivity contribution in [1.29, 1.82) is 0 Å². The van der Waals surface area contributed by atoms with Crippen molar-refractivity contribution in [3.05, 3.63) is 0 Å². The molecule has 52 valence electrons. The monoisotopic (exact) mass is 127 g/mol. The van der Waals surface area contributed by atoms with E-state index in [4.69, 9.17) is 4.84 Å². The topological polar surface area (TPSA) is 21.6 Å². The van der Waals surface area contributed by atoms with Crippen LogP contribution in [0.2, 0.25) is 0 Å². The lowest BCUT2D eigenvalue weighted by Crippen LogP contribution is -1.88. The first-order chi connectivity index (χ1) is 4.43. The fraction of sp³-hybridized carbons (Fsp3) is 0.857. The van der Waals surface area contributed by atoms with Crippen molar-refractivity contribution in [2.24, 2.45) is 11.1 Å². The Balaban J connectivity index is 1.85. The van der Waals surface area contributed by atoms with Crippen LogP contribution < -0.4 is 0 Å². The highest BCUT2D eigenvalue weighted by molar-refractivity contribution is 5.55. The SMILES string of the molecule is CC/C=N/OCC1CC1. The number of oxime groups is 1. The van der Waals surface area contributed by atoms with Gasteiger partial charge in [0.25, 0.3) is 0 Å².